The van der Waals surface area contributed by atoms with Crippen molar-refractivity contribution in [2.75, 3.05) is 18.9 Å². The Bertz CT molecular complexity index is 600. The number of nitrogens with one attached hydrogen (secondary N) is 2. The topological polar surface area (TPSA) is 80.1 Å². The molecule has 1 unspecified atom stereocenters. The molecule has 1 heterocycles. The van der Waals surface area contributed by atoms with Crippen LogP contribution in [-0.4, -0.2) is 29.5 Å². The van der Waals surface area contributed by atoms with Crippen molar-refractivity contribution in [2.45, 2.75) is 13.0 Å². The van der Waals surface area contributed by atoms with Gasteiger partial charge in [0.15, 0.2) is 0 Å². The van der Waals surface area contributed by atoms with Crippen LogP contribution in [0.3, 0.4) is 0 Å². The Balaban J connectivity index is 2.46. The van der Waals surface area contributed by atoms with Crippen molar-refractivity contribution < 1.29 is 4.92 Å². The summed E-state index contributed by atoms with van der Waals surface area (Å²) in [6.07, 6.45) is 1.30. The molecule has 0 radical (unpaired) electrons. The van der Waals surface area contributed by atoms with E-state index in [0.717, 1.165) is 10.9 Å². The molecule has 2 aromatic rings. The number of hydrogen-bond donors (Lipinski definition) is 2. The number of fused-ring (bicyclic) bond motifs is 1. The van der Waals surface area contributed by atoms with Crippen LogP contribution in [0.15, 0.2) is 30.5 Å². The number of anilines is 1. The van der Waals surface area contributed by atoms with Gasteiger partial charge in [0.25, 0.3) is 0 Å². The summed E-state index contributed by atoms with van der Waals surface area (Å²) in [7, 11) is 1.85. The molecule has 0 aliphatic carbocycles. The number of nitrogens with zero attached hydrogens (tertiary/aromatic N) is 2. The van der Waals surface area contributed by atoms with Crippen molar-refractivity contribution in [3.05, 3.63) is 40.6 Å². The number of para-hydroxylation sites is 1. The van der Waals surface area contributed by atoms with E-state index in [0.29, 0.717) is 12.2 Å². The van der Waals surface area contributed by atoms with Gasteiger partial charge in [0.1, 0.15) is 11.9 Å². The third kappa shape index (κ3) is 2.79. The van der Waals surface area contributed by atoms with E-state index in [2.05, 4.69) is 15.6 Å². The van der Waals surface area contributed by atoms with E-state index in [4.69, 9.17) is 0 Å². The third-order valence-corrected chi connectivity index (χ3v) is 3.03. The summed E-state index contributed by atoms with van der Waals surface area (Å²) in [5, 5.41) is 18.1. The molecular formula is C13H16N4O2. The summed E-state index contributed by atoms with van der Waals surface area (Å²) in [6, 6.07) is 7.60. The first kappa shape index (κ1) is 13.2. The van der Waals surface area contributed by atoms with Crippen molar-refractivity contribution in [1.82, 2.24) is 10.3 Å². The van der Waals surface area contributed by atoms with Crippen LogP contribution >= 0.6 is 0 Å². The summed E-state index contributed by atoms with van der Waals surface area (Å²) >= 11 is 0. The molecule has 0 amide bonds. The Morgan fingerprint density at radius 2 is 2.16 bits per heavy atom. The highest BCUT2D eigenvalue weighted by Crippen LogP contribution is 2.31. The Kier molecular flexibility index (Phi) is 3.91. The van der Waals surface area contributed by atoms with Crippen LogP contribution in [0.1, 0.15) is 6.92 Å². The molecule has 0 saturated carbocycles. The summed E-state index contributed by atoms with van der Waals surface area (Å²) in [5.41, 5.74) is 1.27. The molecule has 6 heteroatoms. The summed E-state index contributed by atoms with van der Waals surface area (Å²) in [4.78, 5) is 14.8. The van der Waals surface area contributed by atoms with Gasteiger partial charge in [0.2, 0.25) is 0 Å². The fourth-order valence-electron chi connectivity index (χ4n) is 1.81. The molecule has 0 fully saturated rings. The summed E-state index contributed by atoms with van der Waals surface area (Å²) in [5.74, 6) is 0. The van der Waals surface area contributed by atoms with Crippen molar-refractivity contribution in [3.63, 3.8) is 0 Å². The fraction of sp³-hybridized carbons (Fsp3) is 0.308. The van der Waals surface area contributed by atoms with E-state index in [1.807, 2.05) is 38.2 Å². The second-order valence-electron chi connectivity index (χ2n) is 4.36. The monoisotopic (exact) mass is 260 g/mol. The Hall–Kier alpha value is -2.21. The van der Waals surface area contributed by atoms with Crippen LogP contribution in [0.5, 0.6) is 0 Å². The highest BCUT2D eigenvalue weighted by atomic mass is 16.6. The van der Waals surface area contributed by atoms with E-state index in [1.54, 1.807) is 0 Å². The predicted molar refractivity (Wildman–Crippen MR) is 75.4 cm³/mol. The number of benzene rings is 1. The molecule has 2 N–H and O–H groups in total. The van der Waals surface area contributed by atoms with Crippen molar-refractivity contribution in [2.24, 2.45) is 0 Å². The standard InChI is InChI=1S/C13H16N4O2/c1-9(14-2)7-16-13-10-5-3-4-6-11(10)15-8-12(13)17(18)19/h3-6,8-9,14H,7H2,1-2H3,(H,15,16). The second-order valence-corrected chi connectivity index (χ2v) is 4.36. The Morgan fingerprint density at radius 1 is 1.42 bits per heavy atom. The highest BCUT2D eigenvalue weighted by molar-refractivity contribution is 5.95. The van der Waals surface area contributed by atoms with Crippen molar-refractivity contribution >= 4 is 22.3 Å². The van der Waals surface area contributed by atoms with Crippen LogP contribution in [0.4, 0.5) is 11.4 Å². The van der Waals surface area contributed by atoms with E-state index < -0.39 is 4.92 Å². The van der Waals surface area contributed by atoms with Crippen LogP contribution in [0.25, 0.3) is 10.9 Å². The van der Waals surface area contributed by atoms with E-state index in [9.17, 15) is 10.1 Å². The molecule has 2 rings (SSSR count). The summed E-state index contributed by atoms with van der Waals surface area (Å²) in [6.45, 7) is 2.60. The lowest BCUT2D eigenvalue weighted by molar-refractivity contribution is -0.384. The average molecular weight is 260 g/mol. The lowest BCUT2D eigenvalue weighted by Crippen LogP contribution is -2.29. The zero-order valence-electron chi connectivity index (χ0n) is 10.9. The normalized spacial score (nSPS) is 12.3. The van der Waals surface area contributed by atoms with Crippen LogP contribution in [0, 0.1) is 10.1 Å². The molecule has 0 saturated heterocycles. The van der Waals surface area contributed by atoms with E-state index >= 15 is 0 Å². The van der Waals surface area contributed by atoms with Crippen molar-refractivity contribution in [1.29, 1.82) is 0 Å². The van der Waals surface area contributed by atoms with Crippen LogP contribution < -0.4 is 10.6 Å². The van der Waals surface area contributed by atoms with Crippen LogP contribution in [-0.2, 0) is 0 Å². The molecule has 19 heavy (non-hydrogen) atoms. The van der Waals surface area contributed by atoms with Crippen LogP contribution in [0.2, 0.25) is 0 Å². The van der Waals surface area contributed by atoms with Gasteiger partial charge < -0.3 is 10.6 Å². The van der Waals surface area contributed by atoms with Gasteiger partial charge >= 0.3 is 5.69 Å². The van der Waals surface area contributed by atoms with Crippen molar-refractivity contribution in [3.8, 4) is 0 Å². The largest absolute Gasteiger partial charge is 0.377 e. The van der Waals surface area contributed by atoms with E-state index in [1.165, 1.54) is 6.20 Å². The minimum absolute atomic E-state index is 0.00185. The first-order valence-corrected chi connectivity index (χ1v) is 6.06. The molecule has 0 spiro atoms. The van der Waals surface area contributed by atoms with Gasteiger partial charge in [0.05, 0.1) is 10.4 Å². The zero-order chi connectivity index (χ0) is 13.8. The molecule has 1 aromatic heterocycles. The highest BCUT2D eigenvalue weighted by Gasteiger charge is 2.17. The predicted octanol–water partition coefficient (Wildman–Crippen LogP) is 2.16. The quantitative estimate of drug-likeness (QED) is 0.636. The zero-order valence-corrected chi connectivity index (χ0v) is 10.9. The SMILES string of the molecule is CNC(C)CNc1c([N+](=O)[O-])cnc2ccccc12. The number of rotatable bonds is 5. The molecule has 1 atom stereocenters. The number of likely N-dealkylation sites (N-methyl/N-ethyl adjacent to an activating group) is 1. The maximum absolute atomic E-state index is 11.1. The smallest absolute Gasteiger partial charge is 0.311 e. The second kappa shape index (κ2) is 5.62. The minimum Gasteiger partial charge on any atom is -0.377 e. The Morgan fingerprint density at radius 3 is 2.84 bits per heavy atom. The Labute approximate surface area is 111 Å². The molecule has 100 valence electrons. The van der Waals surface area contributed by atoms with Gasteiger partial charge in [-0.3, -0.25) is 10.1 Å². The number of pyridine rings is 1. The molecule has 0 bridgehead atoms. The third-order valence-electron chi connectivity index (χ3n) is 3.03. The molecular weight excluding hydrogens is 244 g/mol. The van der Waals surface area contributed by atoms with Gasteiger partial charge in [-0.1, -0.05) is 18.2 Å². The first-order valence-electron chi connectivity index (χ1n) is 6.06. The van der Waals surface area contributed by atoms with Gasteiger partial charge in [-0.05, 0) is 20.0 Å². The first-order chi connectivity index (χ1) is 9.13. The van der Waals surface area contributed by atoms with E-state index in [-0.39, 0.29) is 11.7 Å². The number of hydrogen-bond acceptors (Lipinski definition) is 5. The molecule has 0 aliphatic heterocycles. The lowest BCUT2D eigenvalue weighted by Gasteiger charge is -2.14. The molecule has 6 nitrogen and oxygen atoms in total. The fourth-order valence-corrected chi connectivity index (χ4v) is 1.81. The minimum atomic E-state index is -0.411. The maximum Gasteiger partial charge on any atom is 0.311 e. The average Bonchev–Trinajstić information content (AvgIpc) is 2.43. The molecule has 0 aliphatic rings. The van der Waals surface area contributed by atoms with Gasteiger partial charge in [-0.15, -0.1) is 0 Å². The van der Waals surface area contributed by atoms with Gasteiger partial charge in [-0.2, -0.15) is 0 Å². The lowest BCUT2D eigenvalue weighted by atomic mass is 10.1. The number of aromatic nitrogens is 1. The summed E-state index contributed by atoms with van der Waals surface area (Å²) < 4.78 is 0. The van der Waals surface area contributed by atoms with Gasteiger partial charge in [0, 0.05) is 18.0 Å². The number of nitro groups is 1. The van der Waals surface area contributed by atoms with Gasteiger partial charge in [-0.25, -0.2) is 4.98 Å². The maximum atomic E-state index is 11.1. The molecule has 1 aromatic carbocycles.